The molecule has 0 saturated carbocycles. The van der Waals surface area contributed by atoms with Gasteiger partial charge in [-0.05, 0) is 36.9 Å². The first kappa shape index (κ1) is 13.8. The van der Waals surface area contributed by atoms with Crippen molar-refractivity contribution in [2.24, 2.45) is 5.73 Å². The monoisotopic (exact) mass is 259 g/mol. The largest absolute Gasteiger partial charge is 0.464 e. The molecule has 2 rings (SSSR count). The summed E-state index contributed by atoms with van der Waals surface area (Å²) in [4.78, 5) is 6.23. The lowest BCUT2D eigenvalue weighted by Gasteiger charge is -2.25. The zero-order chi connectivity index (χ0) is 13.7. The van der Waals surface area contributed by atoms with Gasteiger partial charge in [0.1, 0.15) is 11.5 Å². The SMILES string of the molecule is CCc1ccc(C(CN)N(C)Cc2ccncc2)o1. The van der Waals surface area contributed by atoms with Crippen molar-refractivity contribution in [2.45, 2.75) is 25.9 Å². The first-order valence-electron chi connectivity index (χ1n) is 6.62. The fourth-order valence-corrected chi connectivity index (χ4v) is 2.16. The van der Waals surface area contributed by atoms with Crippen LogP contribution in [0.1, 0.15) is 30.0 Å². The molecule has 0 saturated heterocycles. The average Bonchev–Trinajstić information content (AvgIpc) is 2.89. The summed E-state index contributed by atoms with van der Waals surface area (Å²) in [5.41, 5.74) is 7.12. The molecule has 2 aromatic rings. The van der Waals surface area contributed by atoms with E-state index in [1.54, 1.807) is 0 Å². The lowest BCUT2D eigenvalue weighted by molar-refractivity contribution is 0.210. The van der Waals surface area contributed by atoms with Gasteiger partial charge in [-0.25, -0.2) is 0 Å². The van der Waals surface area contributed by atoms with Gasteiger partial charge in [-0.15, -0.1) is 0 Å². The molecule has 102 valence electrons. The first-order chi connectivity index (χ1) is 9.24. The van der Waals surface area contributed by atoms with Crippen LogP contribution >= 0.6 is 0 Å². The Hall–Kier alpha value is -1.65. The Morgan fingerprint density at radius 1 is 1.26 bits per heavy atom. The van der Waals surface area contributed by atoms with Crippen molar-refractivity contribution in [1.82, 2.24) is 9.88 Å². The van der Waals surface area contributed by atoms with Gasteiger partial charge in [-0.3, -0.25) is 9.88 Å². The molecule has 19 heavy (non-hydrogen) atoms. The number of hydrogen-bond acceptors (Lipinski definition) is 4. The number of furan rings is 1. The summed E-state index contributed by atoms with van der Waals surface area (Å²) in [6, 6.07) is 8.19. The van der Waals surface area contributed by atoms with Crippen LogP contribution in [0.5, 0.6) is 0 Å². The van der Waals surface area contributed by atoms with Crippen LogP contribution in [-0.4, -0.2) is 23.5 Å². The number of nitrogens with two attached hydrogens (primary N) is 1. The van der Waals surface area contributed by atoms with E-state index in [-0.39, 0.29) is 6.04 Å². The smallest absolute Gasteiger partial charge is 0.122 e. The highest BCUT2D eigenvalue weighted by molar-refractivity contribution is 5.13. The summed E-state index contributed by atoms with van der Waals surface area (Å²) in [6.45, 7) is 3.45. The topological polar surface area (TPSA) is 55.3 Å². The summed E-state index contributed by atoms with van der Waals surface area (Å²) < 4.78 is 5.81. The van der Waals surface area contributed by atoms with Crippen molar-refractivity contribution in [3.05, 3.63) is 53.7 Å². The molecule has 4 heteroatoms. The normalized spacial score (nSPS) is 12.8. The van der Waals surface area contributed by atoms with E-state index in [2.05, 4.69) is 23.9 Å². The average molecular weight is 259 g/mol. The molecule has 1 atom stereocenters. The summed E-state index contributed by atoms with van der Waals surface area (Å²) in [5.74, 6) is 1.95. The third-order valence-corrected chi connectivity index (χ3v) is 3.30. The number of aryl methyl sites for hydroxylation is 1. The summed E-state index contributed by atoms with van der Waals surface area (Å²) in [7, 11) is 2.06. The van der Waals surface area contributed by atoms with Gasteiger partial charge in [0.15, 0.2) is 0 Å². The number of nitrogens with zero attached hydrogens (tertiary/aromatic N) is 2. The van der Waals surface area contributed by atoms with Crippen LogP contribution in [0.25, 0.3) is 0 Å². The van der Waals surface area contributed by atoms with Crippen molar-refractivity contribution in [3.8, 4) is 0 Å². The van der Waals surface area contributed by atoms with Crippen LogP contribution in [0.4, 0.5) is 0 Å². The molecule has 2 N–H and O–H groups in total. The molecule has 0 aliphatic rings. The molecule has 2 aromatic heterocycles. The molecular formula is C15H21N3O. The van der Waals surface area contributed by atoms with Crippen LogP contribution < -0.4 is 5.73 Å². The summed E-state index contributed by atoms with van der Waals surface area (Å²) in [6.07, 6.45) is 4.52. The van der Waals surface area contributed by atoms with Crippen molar-refractivity contribution in [2.75, 3.05) is 13.6 Å². The van der Waals surface area contributed by atoms with Gasteiger partial charge in [0.2, 0.25) is 0 Å². The first-order valence-corrected chi connectivity index (χ1v) is 6.62. The Bertz CT molecular complexity index is 495. The van der Waals surface area contributed by atoms with E-state index in [9.17, 15) is 0 Å². The predicted molar refractivity (Wildman–Crippen MR) is 75.6 cm³/mol. The number of aromatic nitrogens is 1. The Morgan fingerprint density at radius 3 is 2.58 bits per heavy atom. The fourth-order valence-electron chi connectivity index (χ4n) is 2.16. The Morgan fingerprint density at radius 2 is 2.00 bits per heavy atom. The summed E-state index contributed by atoms with van der Waals surface area (Å²) in [5, 5.41) is 0. The van der Waals surface area contributed by atoms with Crippen molar-refractivity contribution in [3.63, 3.8) is 0 Å². The Kier molecular flexibility index (Phi) is 4.71. The van der Waals surface area contributed by atoms with Crippen LogP contribution in [0, 0.1) is 0 Å². The number of likely N-dealkylation sites (N-methyl/N-ethyl adjacent to an activating group) is 1. The lowest BCUT2D eigenvalue weighted by Crippen LogP contribution is -2.29. The van der Waals surface area contributed by atoms with E-state index in [1.807, 2.05) is 36.7 Å². The van der Waals surface area contributed by atoms with Gasteiger partial charge in [-0.2, -0.15) is 0 Å². The van der Waals surface area contributed by atoms with E-state index in [0.717, 1.165) is 24.5 Å². The third-order valence-electron chi connectivity index (χ3n) is 3.30. The second-order valence-corrected chi connectivity index (χ2v) is 4.68. The minimum absolute atomic E-state index is 0.105. The highest BCUT2D eigenvalue weighted by Crippen LogP contribution is 2.22. The molecule has 0 bridgehead atoms. The van der Waals surface area contributed by atoms with Crippen LogP contribution in [0.2, 0.25) is 0 Å². The quantitative estimate of drug-likeness (QED) is 0.865. The molecule has 0 radical (unpaired) electrons. The predicted octanol–water partition coefficient (Wildman–Crippen LogP) is 2.37. The second-order valence-electron chi connectivity index (χ2n) is 4.68. The second kappa shape index (κ2) is 6.50. The van der Waals surface area contributed by atoms with Gasteiger partial charge in [0.25, 0.3) is 0 Å². The van der Waals surface area contributed by atoms with E-state index in [4.69, 9.17) is 10.2 Å². The van der Waals surface area contributed by atoms with E-state index >= 15 is 0 Å². The van der Waals surface area contributed by atoms with Gasteiger partial charge in [0, 0.05) is 31.9 Å². The maximum atomic E-state index is 5.90. The van der Waals surface area contributed by atoms with Crippen molar-refractivity contribution >= 4 is 0 Å². The number of pyridine rings is 1. The standard InChI is InChI=1S/C15H21N3O/c1-3-13-4-5-15(19-13)14(10-16)18(2)11-12-6-8-17-9-7-12/h4-9,14H,3,10-11,16H2,1-2H3. The van der Waals surface area contributed by atoms with Crippen LogP contribution in [0.3, 0.4) is 0 Å². The molecule has 0 spiro atoms. The molecule has 0 aromatic carbocycles. The van der Waals surface area contributed by atoms with Crippen molar-refractivity contribution in [1.29, 1.82) is 0 Å². The van der Waals surface area contributed by atoms with Gasteiger partial charge in [0.05, 0.1) is 6.04 Å². The minimum atomic E-state index is 0.105. The number of rotatable bonds is 6. The third kappa shape index (κ3) is 3.43. The van der Waals surface area contributed by atoms with E-state index in [1.165, 1.54) is 5.56 Å². The zero-order valence-electron chi connectivity index (χ0n) is 11.5. The Balaban J connectivity index is 2.08. The van der Waals surface area contributed by atoms with Gasteiger partial charge >= 0.3 is 0 Å². The molecule has 0 amide bonds. The van der Waals surface area contributed by atoms with Crippen LogP contribution in [0.15, 0.2) is 41.1 Å². The van der Waals surface area contributed by atoms with Crippen molar-refractivity contribution < 1.29 is 4.42 Å². The fraction of sp³-hybridized carbons (Fsp3) is 0.400. The minimum Gasteiger partial charge on any atom is -0.464 e. The van der Waals surface area contributed by atoms with Crippen LogP contribution in [-0.2, 0) is 13.0 Å². The molecular weight excluding hydrogens is 238 g/mol. The molecule has 0 fully saturated rings. The molecule has 1 unspecified atom stereocenters. The molecule has 0 aliphatic heterocycles. The maximum Gasteiger partial charge on any atom is 0.122 e. The molecule has 4 nitrogen and oxygen atoms in total. The highest BCUT2D eigenvalue weighted by atomic mass is 16.3. The zero-order valence-corrected chi connectivity index (χ0v) is 11.5. The van der Waals surface area contributed by atoms with Gasteiger partial charge < -0.3 is 10.2 Å². The lowest BCUT2D eigenvalue weighted by atomic mass is 10.1. The molecule has 2 heterocycles. The maximum absolute atomic E-state index is 5.90. The van der Waals surface area contributed by atoms with E-state index < -0.39 is 0 Å². The van der Waals surface area contributed by atoms with E-state index in [0.29, 0.717) is 6.54 Å². The highest BCUT2D eigenvalue weighted by Gasteiger charge is 2.19. The Labute approximate surface area is 114 Å². The molecule has 0 aliphatic carbocycles. The number of hydrogen-bond donors (Lipinski definition) is 1. The van der Waals surface area contributed by atoms with Gasteiger partial charge in [-0.1, -0.05) is 6.92 Å². The summed E-state index contributed by atoms with van der Waals surface area (Å²) >= 11 is 0.